The molecule has 1 aromatic rings. The number of hydrogen-bond donors (Lipinski definition) is 2. The van der Waals surface area contributed by atoms with Crippen molar-refractivity contribution in [3.05, 3.63) is 30.3 Å². The number of piperazine rings is 1. The van der Waals surface area contributed by atoms with Gasteiger partial charge in [-0.1, -0.05) is 37.5 Å². The van der Waals surface area contributed by atoms with Gasteiger partial charge in [0, 0.05) is 44.3 Å². The Morgan fingerprint density at radius 2 is 1.74 bits per heavy atom. The first-order chi connectivity index (χ1) is 12.7. The van der Waals surface area contributed by atoms with E-state index >= 15 is 0 Å². The van der Waals surface area contributed by atoms with Crippen LogP contribution in [0.2, 0.25) is 0 Å². The molecular formula is C20H32IN5O. The number of benzene rings is 1. The quantitative estimate of drug-likeness (QED) is 0.382. The number of rotatable bonds is 5. The van der Waals surface area contributed by atoms with Gasteiger partial charge in [0.1, 0.15) is 0 Å². The van der Waals surface area contributed by atoms with Crippen LogP contribution in [0.25, 0.3) is 0 Å². The zero-order valence-electron chi connectivity index (χ0n) is 16.0. The van der Waals surface area contributed by atoms with E-state index in [1.165, 1.54) is 37.8 Å². The number of guanidine groups is 1. The Bertz CT molecular complexity index is 596. The molecule has 1 aliphatic carbocycles. The zero-order chi connectivity index (χ0) is 18.2. The lowest BCUT2D eigenvalue weighted by Gasteiger charge is -2.36. The molecule has 0 unspecified atom stereocenters. The van der Waals surface area contributed by atoms with Crippen LogP contribution in [0.15, 0.2) is 35.3 Å². The van der Waals surface area contributed by atoms with Gasteiger partial charge >= 0.3 is 0 Å². The van der Waals surface area contributed by atoms with Crippen LogP contribution in [-0.2, 0) is 4.79 Å². The van der Waals surface area contributed by atoms with Crippen LogP contribution in [0.1, 0.15) is 38.5 Å². The maximum atomic E-state index is 12.4. The molecule has 2 fully saturated rings. The summed E-state index contributed by atoms with van der Waals surface area (Å²) in [5.41, 5.74) is 7.19. The molecule has 0 bridgehead atoms. The van der Waals surface area contributed by atoms with Crippen molar-refractivity contribution in [1.29, 1.82) is 0 Å². The summed E-state index contributed by atoms with van der Waals surface area (Å²) < 4.78 is 0. The molecule has 3 rings (SSSR count). The fourth-order valence-corrected chi connectivity index (χ4v) is 3.78. The first kappa shape index (κ1) is 21.8. The van der Waals surface area contributed by atoms with E-state index in [0.717, 1.165) is 26.2 Å². The fraction of sp³-hybridized carbons (Fsp3) is 0.600. The van der Waals surface area contributed by atoms with E-state index in [2.05, 4.69) is 39.5 Å². The first-order valence-electron chi connectivity index (χ1n) is 9.86. The molecule has 1 amide bonds. The third-order valence-corrected chi connectivity index (χ3v) is 5.32. The van der Waals surface area contributed by atoms with Gasteiger partial charge < -0.3 is 20.9 Å². The van der Waals surface area contributed by atoms with E-state index in [4.69, 9.17) is 5.73 Å². The molecule has 6 nitrogen and oxygen atoms in total. The molecule has 1 aromatic carbocycles. The van der Waals surface area contributed by atoms with E-state index in [0.29, 0.717) is 25.0 Å². The molecule has 1 saturated heterocycles. The van der Waals surface area contributed by atoms with Gasteiger partial charge in [-0.3, -0.25) is 9.79 Å². The van der Waals surface area contributed by atoms with Crippen LogP contribution in [0.4, 0.5) is 5.69 Å². The Morgan fingerprint density at radius 1 is 1.07 bits per heavy atom. The standard InChI is InChI=1S/C20H31N5O.HI/c21-20(23-17-7-3-1-4-8-17)22-12-11-19(26)25-15-13-24(14-16-25)18-9-5-2-6-10-18;/h2,5-6,9-10,17H,1,3-4,7-8,11-16H2,(H3,21,22,23);1H. The molecule has 0 atom stereocenters. The molecule has 3 N–H and O–H groups in total. The van der Waals surface area contributed by atoms with Crippen molar-refractivity contribution in [3.8, 4) is 0 Å². The normalized spacial score (nSPS) is 18.7. The predicted octanol–water partition coefficient (Wildman–Crippen LogP) is 2.58. The predicted molar refractivity (Wildman–Crippen MR) is 122 cm³/mol. The summed E-state index contributed by atoms with van der Waals surface area (Å²) in [5.74, 6) is 0.658. The second kappa shape index (κ2) is 11.4. The second-order valence-electron chi connectivity index (χ2n) is 7.20. The minimum Gasteiger partial charge on any atom is -0.370 e. The van der Waals surface area contributed by atoms with Gasteiger partial charge in [-0.25, -0.2) is 0 Å². The maximum Gasteiger partial charge on any atom is 0.224 e. The highest BCUT2D eigenvalue weighted by Crippen LogP contribution is 2.17. The van der Waals surface area contributed by atoms with Gasteiger partial charge in [0.2, 0.25) is 5.91 Å². The van der Waals surface area contributed by atoms with E-state index in [1.807, 2.05) is 11.0 Å². The van der Waals surface area contributed by atoms with Gasteiger partial charge in [-0.2, -0.15) is 0 Å². The summed E-state index contributed by atoms with van der Waals surface area (Å²) in [5, 5.41) is 3.29. The summed E-state index contributed by atoms with van der Waals surface area (Å²) in [6, 6.07) is 10.8. The summed E-state index contributed by atoms with van der Waals surface area (Å²) >= 11 is 0. The van der Waals surface area contributed by atoms with E-state index < -0.39 is 0 Å². The van der Waals surface area contributed by atoms with Crippen LogP contribution in [0.5, 0.6) is 0 Å². The number of aliphatic imine (C=N–C) groups is 1. The highest BCUT2D eigenvalue weighted by Gasteiger charge is 2.20. The third-order valence-electron chi connectivity index (χ3n) is 5.32. The fourth-order valence-electron chi connectivity index (χ4n) is 3.78. The number of halogens is 1. The van der Waals surface area contributed by atoms with Gasteiger partial charge in [-0.15, -0.1) is 24.0 Å². The van der Waals surface area contributed by atoms with E-state index in [9.17, 15) is 4.79 Å². The van der Waals surface area contributed by atoms with Crippen LogP contribution >= 0.6 is 24.0 Å². The SMILES string of the molecule is I.NC(=NCCC(=O)N1CCN(c2ccccc2)CC1)NC1CCCCC1. The summed E-state index contributed by atoms with van der Waals surface area (Å²) in [4.78, 5) is 21.0. The molecule has 150 valence electrons. The Balaban J connectivity index is 0.00000261. The number of nitrogens with two attached hydrogens (primary N) is 1. The van der Waals surface area contributed by atoms with Crippen molar-refractivity contribution in [2.24, 2.45) is 10.7 Å². The Kier molecular flexibility index (Phi) is 9.17. The third kappa shape index (κ3) is 6.86. The number of nitrogens with zero attached hydrogens (tertiary/aromatic N) is 3. The van der Waals surface area contributed by atoms with Gasteiger partial charge in [0.05, 0.1) is 6.54 Å². The number of para-hydroxylation sites is 1. The van der Waals surface area contributed by atoms with Gasteiger partial charge in [0.25, 0.3) is 0 Å². The van der Waals surface area contributed by atoms with Crippen LogP contribution in [0.3, 0.4) is 0 Å². The monoisotopic (exact) mass is 485 g/mol. The lowest BCUT2D eigenvalue weighted by molar-refractivity contribution is -0.131. The van der Waals surface area contributed by atoms with Crippen molar-refractivity contribution < 1.29 is 4.79 Å². The molecule has 2 aliphatic rings. The Hall–Kier alpha value is -1.51. The number of carbonyl (C=O) groups is 1. The van der Waals surface area contributed by atoms with Crippen LogP contribution in [0, 0.1) is 0 Å². The van der Waals surface area contributed by atoms with Crippen molar-refractivity contribution >= 4 is 41.5 Å². The topological polar surface area (TPSA) is 74.0 Å². The summed E-state index contributed by atoms with van der Waals surface area (Å²) in [7, 11) is 0. The summed E-state index contributed by atoms with van der Waals surface area (Å²) in [6.07, 6.45) is 6.61. The van der Waals surface area contributed by atoms with Crippen molar-refractivity contribution in [1.82, 2.24) is 10.2 Å². The first-order valence-corrected chi connectivity index (χ1v) is 9.86. The van der Waals surface area contributed by atoms with Gasteiger partial charge in [0.15, 0.2) is 5.96 Å². The average Bonchev–Trinajstić information content (AvgIpc) is 2.69. The maximum absolute atomic E-state index is 12.4. The van der Waals surface area contributed by atoms with Crippen LogP contribution < -0.4 is 16.0 Å². The van der Waals surface area contributed by atoms with Crippen molar-refractivity contribution in [2.75, 3.05) is 37.6 Å². The number of nitrogens with one attached hydrogen (secondary N) is 1. The number of anilines is 1. The number of hydrogen-bond acceptors (Lipinski definition) is 3. The molecule has 0 radical (unpaired) electrons. The molecule has 1 aliphatic heterocycles. The van der Waals surface area contributed by atoms with E-state index in [1.54, 1.807) is 0 Å². The zero-order valence-corrected chi connectivity index (χ0v) is 18.3. The average molecular weight is 485 g/mol. The molecule has 1 heterocycles. The smallest absolute Gasteiger partial charge is 0.224 e. The number of carbonyl (C=O) groups excluding carboxylic acids is 1. The Morgan fingerprint density at radius 3 is 2.41 bits per heavy atom. The number of amides is 1. The minimum atomic E-state index is 0. The highest BCUT2D eigenvalue weighted by atomic mass is 127. The lowest BCUT2D eigenvalue weighted by Crippen LogP contribution is -2.49. The minimum absolute atomic E-state index is 0. The molecule has 1 saturated carbocycles. The molecule has 27 heavy (non-hydrogen) atoms. The van der Waals surface area contributed by atoms with Gasteiger partial charge in [-0.05, 0) is 25.0 Å². The molecular weight excluding hydrogens is 453 g/mol. The van der Waals surface area contributed by atoms with Crippen molar-refractivity contribution in [3.63, 3.8) is 0 Å². The Labute approximate surface area is 179 Å². The van der Waals surface area contributed by atoms with Crippen LogP contribution in [-0.4, -0.2) is 55.5 Å². The second-order valence-corrected chi connectivity index (χ2v) is 7.20. The molecule has 7 heteroatoms. The largest absolute Gasteiger partial charge is 0.370 e. The molecule has 0 aromatic heterocycles. The summed E-state index contributed by atoms with van der Waals surface area (Å²) in [6.45, 7) is 3.76. The van der Waals surface area contributed by atoms with E-state index in [-0.39, 0.29) is 29.9 Å². The van der Waals surface area contributed by atoms with Crippen molar-refractivity contribution in [2.45, 2.75) is 44.6 Å². The lowest BCUT2D eigenvalue weighted by atomic mass is 9.96. The molecule has 0 spiro atoms. The highest BCUT2D eigenvalue weighted by molar-refractivity contribution is 14.0.